The Balaban J connectivity index is 1.60. The third-order valence-corrected chi connectivity index (χ3v) is 5.68. The molecule has 33 heavy (non-hydrogen) atoms. The summed E-state index contributed by atoms with van der Waals surface area (Å²) in [6.07, 6.45) is 8.53. The van der Waals surface area contributed by atoms with Gasteiger partial charge in [-0.25, -0.2) is 18.7 Å². The maximum atomic E-state index is 14.4. The highest BCUT2D eigenvalue weighted by molar-refractivity contribution is 5.77. The highest BCUT2D eigenvalue weighted by Crippen LogP contribution is 2.35. The van der Waals surface area contributed by atoms with Crippen LogP contribution in [0.2, 0.25) is 0 Å². The van der Waals surface area contributed by atoms with Gasteiger partial charge < -0.3 is 10.6 Å². The lowest BCUT2D eigenvalue weighted by Gasteiger charge is -2.37. The van der Waals surface area contributed by atoms with Crippen LogP contribution in [0.5, 0.6) is 0 Å². The zero-order valence-electron chi connectivity index (χ0n) is 18.4. The van der Waals surface area contributed by atoms with E-state index in [0.717, 1.165) is 22.3 Å². The smallest absolute Gasteiger partial charge is 0.266 e. The summed E-state index contributed by atoms with van der Waals surface area (Å²) >= 11 is 0. The van der Waals surface area contributed by atoms with Crippen LogP contribution >= 0.6 is 0 Å². The lowest BCUT2D eigenvalue weighted by atomic mass is 10.0. The SMILES string of the molecule is Cn1cc(-c2cccc(-c3ncc(-c4cnn(C)c4)c(N4CC(N)CC(F)(F)C4)n3)c2)cn1. The van der Waals surface area contributed by atoms with Gasteiger partial charge in [0.05, 0.1) is 18.9 Å². The summed E-state index contributed by atoms with van der Waals surface area (Å²) in [6, 6.07) is 7.12. The molecular weight excluding hydrogens is 426 g/mol. The van der Waals surface area contributed by atoms with E-state index in [1.54, 1.807) is 39.9 Å². The molecule has 0 saturated carbocycles. The number of nitrogens with zero attached hydrogens (tertiary/aromatic N) is 7. The molecule has 1 aromatic carbocycles. The quantitative estimate of drug-likeness (QED) is 0.514. The first-order valence-electron chi connectivity index (χ1n) is 10.6. The molecule has 1 fully saturated rings. The van der Waals surface area contributed by atoms with Gasteiger partial charge in [0.25, 0.3) is 5.92 Å². The van der Waals surface area contributed by atoms with E-state index in [1.165, 1.54) is 0 Å². The number of hydrogen-bond donors (Lipinski definition) is 1. The van der Waals surface area contributed by atoms with Gasteiger partial charge in [-0.3, -0.25) is 9.36 Å². The van der Waals surface area contributed by atoms with E-state index in [2.05, 4.69) is 15.2 Å². The van der Waals surface area contributed by atoms with E-state index in [4.69, 9.17) is 10.7 Å². The predicted octanol–water partition coefficient (Wildman–Crippen LogP) is 3.12. The molecule has 2 N–H and O–H groups in total. The molecule has 1 unspecified atom stereocenters. The number of alkyl halides is 2. The Morgan fingerprint density at radius 3 is 2.33 bits per heavy atom. The maximum absolute atomic E-state index is 14.4. The van der Waals surface area contributed by atoms with Crippen molar-refractivity contribution < 1.29 is 8.78 Å². The Labute approximate surface area is 189 Å². The van der Waals surface area contributed by atoms with Crippen LogP contribution in [-0.2, 0) is 14.1 Å². The minimum Gasteiger partial charge on any atom is -0.348 e. The van der Waals surface area contributed by atoms with Gasteiger partial charge in [-0.2, -0.15) is 10.2 Å². The molecule has 0 radical (unpaired) electrons. The number of aryl methyl sites for hydroxylation is 2. The number of anilines is 1. The Kier molecular flexibility index (Phi) is 5.16. The van der Waals surface area contributed by atoms with Gasteiger partial charge in [-0.05, 0) is 11.6 Å². The molecule has 1 aliphatic rings. The fraction of sp³-hybridized carbons (Fsp3) is 0.304. The average Bonchev–Trinajstić information content (AvgIpc) is 3.40. The highest BCUT2D eigenvalue weighted by atomic mass is 19.3. The Morgan fingerprint density at radius 2 is 1.67 bits per heavy atom. The number of piperidine rings is 1. The predicted molar refractivity (Wildman–Crippen MR) is 122 cm³/mol. The molecule has 1 atom stereocenters. The molecule has 0 bridgehead atoms. The van der Waals surface area contributed by atoms with Crippen molar-refractivity contribution in [3.63, 3.8) is 0 Å². The first-order chi connectivity index (χ1) is 15.8. The zero-order valence-corrected chi connectivity index (χ0v) is 18.4. The van der Waals surface area contributed by atoms with Crippen molar-refractivity contribution in [1.82, 2.24) is 29.5 Å². The zero-order chi connectivity index (χ0) is 23.2. The van der Waals surface area contributed by atoms with Crippen LogP contribution in [0.25, 0.3) is 33.6 Å². The maximum Gasteiger partial charge on any atom is 0.266 e. The van der Waals surface area contributed by atoms with E-state index in [0.29, 0.717) is 17.2 Å². The van der Waals surface area contributed by atoms with Crippen molar-refractivity contribution in [2.24, 2.45) is 19.8 Å². The fourth-order valence-corrected chi connectivity index (χ4v) is 4.23. The van der Waals surface area contributed by atoms with Gasteiger partial charge in [-0.15, -0.1) is 0 Å². The first kappa shape index (κ1) is 21.2. The molecule has 0 aliphatic carbocycles. The topological polar surface area (TPSA) is 90.7 Å². The van der Waals surface area contributed by atoms with Crippen molar-refractivity contribution >= 4 is 5.82 Å². The molecule has 4 heterocycles. The van der Waals surface area contributed by atoms with Crippen LogP contribution in [0.15, 0.2) is 55.2 Å². The van der Waals surface area contributed by atoms with Gasteiger partial charge in [-0.1, -0.05) is 18.2 Å². The minimum absolute atomic E-state index is 0.287. The molecule has 0 spiro atoms. The summed E-state index contributed by atoms with van der Waals surface area (Å²) in [5.41, 5.74) is 10.1. The number of hydrogen-bond acceptors (Lipinski definition) is 6. The van der Waals surface area contributed by atoms with Crippen molar-refractivity contribution in [2.75, 3.05) is 18.0 Å². The van der Waals surface area contributed by atoms with E-state index in [1.807, 2.05) is 43.7 Å². The number of aromatic nitrogens is 6. The molecular formula is C23H24F2N8. The van der Waals surface area contributed by atoms with Gasteiger partial charge >= 0.3 is 0 Å². The van der Waals surface area contributed by atoms with Crippen LogP contribution in [0.4, 0.5) is 14.6 Å². The first-order valence-corrected chi connectivity index (χ1v) is 10.6. The fourth-order valence-electron chi connectivity index (χ4n) is 4.23. The van der Waals surface area contributed by atoms with Crippen LogP contribution in [0.1, 0.15) is 6.42 Å². The van der Waals surface area contributed by atoms with E-state index < -0.39 is 18.5 Å². The average molecular weight is 450 g/mol. The Morgan fingerprint density at radius 1 is 0.970 bits per heavy atom. The van der Waals surface area contributed by atoms with Gasteiger partial charge in [0.15, 0.2) is 5.82 Å². The molecule has 3 aromatic heterocycles. The van der Waals surface area contributed by atoms with Crippen LogP contribution in [0.3, 0.4) is 0 Å². The lowest BCUT2D eigenvalue weighted by molar-refractivity contribution is -0.0173. The minimum atomic E-state index is -2.89. The van der Waals surface area contributed by atoms with Crippen molar-refractivity contribution in [2.45, 2.75) is 18.4 Å². The van der Waals surface area contributed by atoms with Crippen LogP contribution in [-0.4, -0.2) is 54.6 Å². The third-order valence-electron chi connectivity index (χ3n) is 5.68. The summed E-state index contributed by atoms with van der Waals surface area (Å²) in [5.74, 6) is -2.02. The molecule has 170 valence electrons. The molecule has 8 nitrogen and oxygen atoms in total. The van der Waals surface area contributed by atoms with E-state index in [9.17, 15) is 8.78 Å². The van der Waals surface area contributed by atoms with E-state index >= 15 is 0 Å². The summed E-state index contributed by atoms with van der Waals surface area (Å²) in [6.45, 7) is -0.158. The molecule has 1 saturated heterocycles. The second-order valence-electron chi connectivity index (χ2n) is 8.52. The molecule has 1 aliphatic heterocycles. The van der Waals surface area contributed by atoms with Gasteiger partial charge in [0.1, 0.15) is 5.82 Å². The van der Waals surface area contributed by atoms with Crippen LogP contribution in [0, 0.1) is 0 Å². The van der Waals surface area contributed by atoms with E-state index in [-0.39, 0.29) is 13.0 Å². The Hall–Kier alpha value is -3.66. The van der Waals surface area contributed by atoms with Crippen molar-refractivity contribution in [3.05, 3.63) is 55.2 Å². The van der Waals surface area contributed by atoms with Gasteiger partial charge in [0.2, 0.25) is 0 Å². The summed E-state index contributed by atoms with van der Waals surface area (Å²) in [7, 11) is 3.66. The number of benzene rings is 1. The van der Waals surface area contributed by atoms with Crippen molar-refractivity contribution in [3.8, 4) is 33.6 Å². The van der Waals surface area contributed by atoms with Crippen LogP contribution < -0.4 is 10.6 Å². The van der Waals surface area contributed by atoms with Gasteiger partial charge in [0, 0.05) is 73.9 Å². The normalized spacial score (nSPS) is 18.0. The molecule has 0 amide bonds. The lowest BCUT2D eigenvalue weighted by Crippen LogP contribution is -2.53. The monoisotopic (exact) mass is 450 g/mol. The summed E-state index contributed by atoms with van der Waals surface area (Å²) < 4.78 is 32.2. The number of nitrogens with two attached hydrogens (primary N) is 1. The summed E-state index contributed by atoms with van der Waals surface area (Å²) in [4.78, 5) is 10.9. The third kappa shape index (κ3) is 4.34. The summed E-state index contributed by atoms with van der Waals surface area (Å²) in [5, 5.41) is 8.44. The second-order valence-corrected chi connectivity index (χ2v) is 8.52. The Bertz CT molecular complexity index is 1300. The molecule has 10 heteroatoms. The standard InChI is InChI=1S/C23H24F2N8/c1-31-11-17(8-28-31)15-4-3-5-16(6-15)21-27-10-20(18-9-29-32(2)12-18)22(30-21)33-13-19(26)7-23(24,25)14-33/h3-6,8-12,19H,7,13-14,26H2,1-2H3. The number of halogens is 2. The molecule has 4 aromatic rings. The highest BCUT2D eigenvalue weighted by Gasteiger charge is 2.40. The van der Waals surface area contributed by atoms with Crippen molar-refractivity contribution in [1.29, 1.82) is 0 Å². The molecule has 5 rings (SSSR count). The number of rotatable bonds is 4. The second kappa shape index (κ2) is 8.04. The largest absolute Gasteiger partial charge is 0.348 e.